The zero-order valence-corrected chi connectivity index (χ0v) is 10.8. The molecule has 2 N–H and O–H groups in total. The number of hydrogen-bond donors (Lipinski definition) is 2. The maximum absolute atomic E-state index is 11.1. The van der Waals surface area contributed by atoms with Crippen LogP contribution < -0.4 is 10.6 Å². The van der Waals surface area contributed by atoms with Gasteiger partial charge in [0, 0.05) is 11.5 Å². The van der Waals surface area contributed by atoms with Crippen LogP contribution in [-0.4, -0.2) is 29.5 Å². The number of hydrogen-bond acceptors (Lipinski definition) is 4. The second kappa shape index (κ2) is 9.35. The van der Waals surface area contributed by atoms with Crippen molar-refractivity contribution in [1.82, 2.24) is 10.6 Å². The van der Waals surface area contributed by atoms with Gasteiger partial charge in [0.25, 0.3) is 0 Å². The Labute approximate surface area is 104 Å². The number of amides is 2. The van der Waals surface area contributed by atoms with Gasteiger partial charge in [-0.1, -0.05) is 41.7 Å². The third-order valence-corrected chi connectivity index (χ3v) is 3.93. The van der Waals surface area contributed by atoms with Crippen molar-refractivity contribution < 1.29 is 9.59 Å². The van der Waals surface area contributed by atoms with Gasteiger partial charge >= 0.3 is 0 Å². The van der Waals surface area contributed by atoms with Gasteiger partial charge < -0.3 is 10.6 Å². The number of carbonyl (C=O) groups excluding carboxylic acids is 2. The maximum Gasteiger partial charge on any atom is 0.244 e. The standard InChI is InChI=1S/C10H16N2O2S2/c1-4-9(13)11-8(7-16-15-6-3)12-10(14)5-2/h4-5,8H,1-2,6-7H2,3H3,(H,11,13)(H,12,14). The van der Waals surface area contributed by atoms with Crippen LogP contribution in [0.2, 0.25) is 0 Å². The molecule has 0 unspecified atom stereocenters. The Balaban J connectivity index is 4.14. The molecule has 0 radical (unpaired) electrons. The average Bonchev–Trinajstić information content (AvgIpc) is 2.28. The first kappa shape index (κ1) is 15.1. The highest BCUT2D eigenvalue weighted by atomic mass is 33.1. The van der Waals surface area contributed by atoms with E-state index in [1.807, 2.05) is 6.92 Å². The SMILES string of the molecule is C=CC(=O)NC(CSSCC)NC(=O)C=C. The third-order valence-electron chi connectivity index (χ3n) is 1.44. The number of nitrogens with one attached hydrogen (secondary N) is 2. The van der Waals surface area contributed by atoms with Crippen LogP contribution in [0, 0.1) is 0 Å². The predicted molar refractivity (Wildman–Crippen MR) is 71.1 cm³/mol. The molecule has 0 atom stereocenters. The number of rotatable bonds is 8. The van der Waals surface area contributed by atoms with Gasteiger partial charge in [-0.3, -0.25) is 9.59 Å². The molecule has 0 aliphatic heterocycles. The number of carbonyl (C=O) groups is 2. The second-order valence-corrected chi connectivity index (χ2v) is 5.47. The fraction of sp³-hybridized carbons (Fsp3) is 0.400. The third kappa shape index (κ3) is 7.42. The molecular weight excluding hydrogens is 244 g/mol. The molecule has 90 valence electrons. The summed E-state index contributed by atoms with van der Waals surface area (Å²) in [5, 5.41) is 5.24. The zero-order chi connectivity index (χ0) is 12.4. The monoisotopic (exact) mass is 260 g/mol. The van der Waals surface area contributed by atoms with Crippen molar-refractivity contribution in [3.8, 4) is 0 Å². The van der Waals surface area contributed by atoms with Crippen molar-refractivity contribution in [3.63, 3.8) is 0 Å². The van der Waals surface area contributed by atoms with Gasteiger partial charge in [-0.2, -0.15) is 0 Å². The van der Waals surface area contributed by atoms with E-state index in [4.69, 9.17) is 0 Å². The van der Waals surface area contributed by atoms with Gasteiger partial charge in [0.1, 0.15) is 6.17 Å². The molecule has 0 aliphatic rings. The molecule has 0 bridgehead atoms. The molecule has 4 nitrogen and oxygen atoms in total. The molecule has 0 heterocycles. The van der Waals surface area contributed by atoms with Crippen LogP contribution in [-0.2, 0) is 9.59 Å². The Morgan fingerprint density at radius 3 is 2.06 bits per heavy atom. The van der Waals surface area contributed by atoms with E-state index in [2.05, 4.69) is 23.8 Å². The molecule has 0 aromatic carbocycles. The van der Waals surface area contributed by atoms with E-state index in [-0.39, 0.29) is 11.8 Å². The van der Waals surface area contributed by atoms with Crippen molar-refractivity contribution in [3.05, 3.63) is 25.3 Å². The molecule has 0 saturated carbocycles. The molecular formula is C10H16N2O2S2. The Morgan fingerprint density at radius 1 is 1.19 bits per heavy atom. The van der Waals surface area contributed by atoms with Crippen molar-refractivity contribution in [2.45, 2.75) is 13.1 Å². The van der Waals surface area contributed by atoms with Crippen LogP contribution >= 0.6 is 21.6 Å². The largest absolute Gasteiger partial charge is 0.332 e. The zero-order valence-electron chi connectivity index (χ0n) is 9.19. The van der Waals surface area contributed by atoms with Crippen molar-refractivity contribution in [2.24, 2.45) is 0 Å². The van der Waals surface area contributed by atoms with E-state index in [0.717, 1.165) is 5.75 Å². The fourth-order valence-corrected chi connectivity index (χ4v) is 2.54. The van der Waals surface area contributed by atoms with E-state index in [1.54, 1.807) is 21.6 Å². The van der Waals surface area contributed by atoms with Gasteiger partial charge in [-0.25, -0.2) is 0 Å². The summed E-state index contributed by atoms with van der Waals surface area (Å²) < 4.78 is 0. The molecule has 2 amide bonds. The summed E-state index contributed by atoms with van der Waals surface area (Å²) in [5.74, 6) is 0.952. The quantitative estimate of drug-likeness (QED) is 0.299. The molecule has 0 aromatic heterocycles. The van der Waals surface area contributed by atoms with E-state index >= 15 is 0 Å². The smallest absolute Gasteiger partial charge is 0.244 e. The summed E-state index contributed by atoms with van der Waals surface area (Å²) in [6, 6.07) is 0. The summed E-state index contributed by atoms with van der Waals surface area (Å²) in [4.78, 5) is 22.2. The molecule has 0 aromatic rings. The lowest BCUT2D eigenvalue weighted by atomic mass is 10.4. The first-order valence-electron chi connectivity index (χ1n) is 4.74. The van der Waals surface area contributed by atoms with Crippen LogP contribution in [0.3, 0.4) is 0 Å². The summed E-state index contributed by atoms with van der Waals surface area (Å²) in [6.07, 6.45) is 1.94. The molecule has 0 saturated heterocycles. The lowest BCUT2D eigenvalue weighted by molar-refractivity contribution is -0.119. The van der Waals surface area contributed by atoms with Crippen molar-refractivity contribution in [1.29, 1.82) is 0 Å². The van der Waals surface area contributed by atoms with Gasteiger partial charge in [0.2, 0.25) is 11.8 Å². The highest BCUT2D eigenvalue weighted by Gasteiger charge is 2.11. The van der Waals surface area contributed by atoms with Gasteiger partial charge in [-0.15, -0.1) is 0 Å². The maximum atomic E-state index is 11.1. The molecule has 0 fully saturated rings. The minimum absolute atomic E-state index is 0.309. The lowest BCUT2D eigenvalue weighted by Gasteiger charge is -2.17. The van der Waals surface area contributed by atoms with Crippen LogP contribution in [0.1, 0.15) is 6.92 Å². The normalized spacial score (nSPS) is 9.62. The van der Waals surface area contributed by atoms with Crippen LogP contribution in [0.15, 0.2) is 25.3 Å². The molecule has 0 rings (SSSR count). The van der Waals surface area contributed by atoms with Crippen LogP contribution in [0.4, 0.5) is 0 Å². The minimum atomic E-state index is -0.403. The summed E-state index contributed by atoms with van der Waals surface area (Å²) in [5.41, 5.74) is 0. The van der Waals surface area contributed by atoms with Crippen molar-refractivity contribution in [2.75, 3.05) is 11.5 Å². The molecule has 16 heavy (non-hydrogen) atoms. The summed E-state index contributed by atoms with van der Waals surface area (Å²) in [6.45, 7) is 8.74. The van der Waals surface area contributed by atoms with Gasteiger partial charge in [0.05, 0.1) is 0 Å². The Kier molecular flexibility index (Phi) is 8.84. The van der Waals surface area contributed by atoms with E-state index in [1.165, 1.54) is 12.2 Å². The minimum Gasteiger partial charge on any atom is -0.332 e. The van der Waals surface area contributed by atoms with Gasteiger partial charge in [-0.05, 0) is 12.2 Å². The Bertz CT molecular complexity index is 248. The first-order valence-corrected chi connectivity index (χ1v) is 7.23. The predicted octanol–water partition coefficient (Wildman–Crippen LogP) is 1.32. The fourth-order valence-electron chi connectivity index (χ4n) is 0.780. The van der Waals surface area contributed by atoms with E-state index in [0.29, 0.717) is 5.75 Å². The van der Waals surface area contributed by atoms with Gasteiger partial charge in [0.15, 0.2) is 0 Å². The Hall–Kier alpha value is -0.880. The second-order valence-electron chi connectivity index (χ2n) is 2.67. The molecule has 0 aliphatic carbocycles. The van der Waals surface area contributed by atoms with E-state index in [9.17, 15) is 9.59 Å². The topological polar surface area (TPSA) is 58.2 Å². The van der Waals surface area contributed by atoms with E-state index < -0.39 is 6.17 Å². The highest BCUT2D eigenvalue weighted by Crippen LogP contribution is 2.20. The van der Waals surface area contributed by atoms with Crippen LogP contribution in [0.5, 0.6) is 0 Å². The first-order chi connectivity index (χ1) is 7.63. The van der Waals surface area contributed by atoms with Crippen LogP contribution in [0.25, 0.3) is 0 Å². The average molecular weight is 260 g/mol. The molecule has 0 spiro atoms. The highest BCUT2D eigenvalue weighted by molar-refractivity contribution is 8.76. The lowest BCUT2D eigenvalue weighted by Crippen LogP contribution is -2.48. The molecule has 6 heteroatoms. The van der Waals surface area contributed by atoms with Crippen molar-refractivity contribution >= 4 is 33.4 Å². The summed E-state index contributed by atoms with van der Waals surface area (Å²) in [7, 11) is 3.25. The summed E-state index contributed by atoms with van der Waals surface area (Å²) >= 11 is 0. The Morgan fingerprint density at radius 2 is 1.69 bits per heavy atom.